The van der Waals surface area contributed by atoms with Crippen LogP contribution in [0.1, 0.15) is 26.2 Å². The molecule has 0 N–H and O–H groups in total. The van der Waals surface area contributed by atoms with Gasteiger partial charge in [0, 0.05) is 17.3 Å². The summed E-state index contributed by atoms with van der Waals surface area (Å²) in [5, 5.41) is 10.4. The van der Waals surface area contributed by atoms with Gasteiger partial charge >= 0.3 is 0 Å². The molecule has 1 aliphatic carbocycles. The molecule has 0 aromatic rings. The van der Waals surface area contributed by atoms with Gasteiger partial charge in [0.15, 0.2) is 0 Å². The Hall–Kier alpha value is -0.930. The van der Waals surface area contributed by atoms with Crippen molar-refractivity contribution in [1.29, 1.82) is 0 Å². The predicted octanol–water partition coefficient (Wildman–Crippen LogP) is 1.02. The Morgan fingerprint density at radius 3 is 2.64 bits per heavy atom. The number of ketones is 1. The summed E-state index contributed by atoms with van der Waals surface area (Å²) in [4.78, 5) is 20.9. The van der Waals surface area contributed by atoms with Gasteiger partial charge in [-0.3, -0.25) is 14.9 Å². The molecular formula is C7H11NO3. The normalized spacial score (nSPS) is 31.9. The second-order valence-electron chi connectivity index (χ2n) is 3.07. The molecule has 4 heteroatoms. The van der Waals surface area contributed by atoms with Crippen molar-refractivity contribution in [1.82, 2.24) is 0 Å². The fraction of sp³-hybridized carbons (Fsp3) is 0.857. The molecule has 1 saturated carbocycles. The number of nitro groups is 1. The minimum absolute atomic E-state index is 0.0775. The Balaban J connectivity index is 2.70. The van der Waals surface area contributed by atoms with E-state index in [1.54, 1.807) is 6.92 Å². The molecule has 4 nitrogen and oxygen atoms in total. The molecule has 0 amide bonds. The van der Waals surface area contributed by atoms with Gasteiger partial charge in [0.1, 0.15) is 0 Å². The number of carbonyl (C=O) groups is 1. The van der Waals surface area contributed by atoms with Crippen LogP contribution in [0.15, 0.2) is 0 Å². The molecule has 1 aliphatic rings. The van der Waals surface area contributed by atoms with Crippen LogP contribution in [0.4, 0.5) is 0 Å². The second-order valence-corrected chi connectivity index (χ2v) is 3.07. The molecule has 0 heterocycles. The smallest absolute Gasteiger partial charge is 0.272 e. The molecule has 1 rings (SSSR count). The molecule has 0 bridgehead atoms. The van der Waals surface area contributed by atoms with E-state index in [0.717, 1.165) is 12.8 Å². The van der Waals surface area contributed by atoms with E-state index in [2.05, 4.69) is 0 Å². The highest BCUT2D eigenvalue weighted by atomic mass is 16.6. The largest absolute Gasteiger partial charge is 0.292 e. The fourth-order valence-corrected chi connectivity index (χ4v) is 1.55. The highest BCUT2D eigenvalue weighted by molar-refractivity contribution is 5.83. The van der Waals surface area contributed by atoms with Gasteiger partial charge in [0.25, 0.3) is 6.04 Å². The van der Waals surface area contributed by atoms with E-state index < -0.39 is 11.0 Å². The van der Waals surface area contributed by atoms with E-state index in [-0.39, 0.29) is 11.7 Å². The maximum Gasteiger partial charge on any atom is 0.272 e. The number of carbonyl (C=O) groups excluding carboxylic acids is 1. The lowest BCUT2D eigenvalue weighted by Crippen LogP contribution is -2.38. The molecule has 2 atom stereocenters. The summed E-state index contributed by atoms with van der Waals surface area (Å²) < 4.78 is 0. The first-order valence-electron chi connectivity index (χ1n) is 3.79. The van der Waals surface area contributed by atoms with Gasteiger partial charge < -0.3 is 0 Å². The first-order valence-corrected chi connectivity index (χ1v) is 3.79. The summed E-state index contributed by atoms with van der Waals surface area (Å²) in [6, 6.07) is -0.927. The topological polar surface area (TPSA) is 60.2 Å². The van der Waals surface area contributed by atoms with E-state index >= 15 is 0 Å². The zero-order valence-electron chi connectivity index (χ0n) is 6.45. The summed E-state index contributed by atoms with van der Waals surface area (Å²) in [7, 11) is 0. The Bertz CT molecular complexity index is 190. The Kier molecular flexibility index (Phi) is 2.22. The van der Waals surface area contributed by atoms with Crippen LogP contribution in [0, 0.1) is 16.0 Å². The number of Topliss-reactive ketones (excluding diaryl/α,β-unsaturated/α-hetero) is 1. The third-order valence-corrected chi connectivity index (χ3v) is 2.18. The van der Waals surface area contributed by atoms with Crippen molar-refractivity contribution in [2.75, 3.05) is 0 Å². The second kappa shape index (κ2) is 2.98. The first kappa shape index (κ1) is 8.17. The molecule has 0 spiro atoms. The van der Waals surface area contributed by atoms with E-state index in [1.165, 1.54) is 0 Å². The van der Waals surface area contributed by atoms with Gasteiger partial charge in [-0.25, -0.2) is 0 Å². The van der Waals surface area contributed by atoms with Crippen molar-refractivity contribution in [3.63, 3.8) is 0 Å². The monoisotopic (exact) mass is 157 g/mol. The van der Waals surface area contributed by atoms with E-state index in [9.17, 15) is 14.9 Å². The SMILES string of the molecule is C[C@@H]1CCCC(=O)[C@@H]1[N+](=O)[O-]. The average molecular weight is 157 g/mol. The predicted molar refractivity (Wildman–Crippen MR) is 38.8 cm³/mol. The first-order chi connectivity index (χ1) is 5.13. The lowest BCUT2D eigenvalue weighted by Gasteiger charge is -2.19. The van der Waals surface area contributed by atoms with Crippen LogP contribution >= 0.6 is 0 Å². The zero-order valence-corrected chi connectivity index (χ0v) is 6.45. The molecule has 0 aromatic carbocycles. The molecule has 0 unspecified atom stereocenters. The van der Waals surface area contributed by atoms with Gasteiger partial charge in [-0.05, 0) is 12.8 Å². The standard InChI is InChI=1S/C7H11NO3/c1-5-3-2-4-6(9)7(5)8(10)11/h5,7H,2-4H2,1H3/t5-,7-/m1/s1. The number of hydrogen-bond acceptors (Lipinski definition) is 3. The third-order valence-electron chi connectivity index (χ3n) is 2.18. The zero-order chi connectivity index (χ0) is 8.43. The van der Waals surface area contributed by atoms with E-state index in [0.29, 0.717) is 6.42 Å². The quantitative estimate of drug-likeness (QED) is 0.421. The third kappa shape index (κ3) is 1.56. The highest BCUT2D eigenvalue weighted by Crippen LogP contribution is 2.22. The maximum absolute atomic E-state index is 11.0. The van der Waals surface area contributed by atoms with Crippen LogP contribution < -0.4 is 0 Å². The Labute approximate surface area is 64.7 Å². The highest BCUT2D eigenvalue weighted by Gasteiger charge is 2.37. The molecule has 0 radical (unpaired) electrons. The van der Waals surface area contributed by atoms with Crippen LogP contribution in [-0.4, -0.2) is 16.7 Å². The summed E-state index contributed by atoms with van der Waals surface area (Å²) in [6.07, 6.45) is 2.00. The maximum atomic E-state index is 11.0. The van der Waals surface area contributed by atoms with Crippen molar-refractivity contribution < 1.29 is 9.72 Å². The van der Waals surface area contributed by atoms with E-state index in [1.807, 2.05) is 0 Å². The van der Waals surface area contributed by atoms with Gasteiger partial charge in [-0.15, -0.1) is 0 Å². The minimum Gasteiger partial charge on any atom is -0.292 e. The molecule has 0 saturated heterocycles. The van der Waals surface area contributed by atoms with Crippen LogP contribution in [-0.2, 0) is 4.79 Å². The van der Waals surface area contributed by atoms with Gasteiger partial charge in [0.05, 0.1) is 0 Å². The Morgan fingerprint density at radius 2 is 2.27 bits per heavy atom. The van der Waals surface area contributed by atoms with Crippen molar-refractivity contribution in [3.8, 4) is 0 Å². The molecule has 0 aliphatic heterocycles. The molecule has 1 fully saturated rings. The van der Waals surface area contributed by atoms with Crippen LogP contribution in [0.3, 0.4) is 0 Å². The summed E-state index contributed by atoms with van der Waals surface area (Å²) in [5.74, 6) is -0.278. The van der Waals surface area contributed by atoms with Gasteiger partial charge in [-0.1, -0.05) is 6.92 Å². The molecule has 62 valence electrons. The fourth-order valence-electron chi connectivity index (χ4n) is 1.55. The van der Waals surface area contributed by atoms with Crippen LogP contribution in [0.5, 0.6) is 0 Å². The Morgan fingerprint density at radius 1 is 1.64 bits per heavy atom. The summed E-state index contributed by atoms with van der Waals surface area (Å²) in [6.45, 7) is 1.77. The summed E-state index contributed by atoms with van der Waals surface area (Å²) in [5.41, 5.74) is 0. The van der Waals surface area contributed by atoms with Gasteiger partial charge in [-0.2, -0.15) is 0 Å². The number of hydrogen-bond donors (Lipinski definition) is 0. The number of rotatable bonds is 1. The molecule has 0 aromatic heterocycles. The van der Waals surface area contributed by atoms with Crippen molar-refractivity contribution in [2.45, 2.75) is 32.2 Å². The van der Waals surface area contributed by atoms with Gasteiger partial charge in [0.2, 0.25) is 5.78 Å². The average Bonchev–Trinajstić information content (AvgIpc) is 1.85. The molecule has 11 heavy (non-hydrogen) atoms. The van der Waals surface area contributed by atoms with Crippen molar-refractivity contribution >= 4 is 5.78 Å². The number of nitrogens with zero attached hydrogens (tertiary/aromatic N) is 1. The summed E-state index contributed by atoms with van der Waals surface area (Å²) >= 11 is 0. The van der Waals surface area contributed by atoms with Crippen molar-refractivity contribution in [2.24, 2.45) is 5.92 Å². The van der Waals surface area contributed by atoms with Crippen LogP contribution in [0.25, 0.3) is 0 Å². The lowest BCUT2D eigenvalue weighted by molar-refractivity contribution is -0.517. The van der Waals surface area contributed by atoms with Crippen LogP contribution in [0.2, 0.25) is 0 Å². The molecular weight excluding hydrogens is 146 g/mol. The lowest BCUT2D eigenvalue weighted by atomic mass is 9.85. The van der Waals surface area contributed by atoms with Crippen molar-refractivity contribution in [3.05, 3.63) is 10.1 Å². The minimum atomic E-state index is -0.927. The van der Waals surface area contributed by atoms with E-state index in [4.69, 9.17) is 0 Å².